The highest BCUT2D eigenvalue weighted by Crippen LogP contribution is 2.17. The van der Waals surface area contributed by atoms with Crippen LogP contribution in [0.4, 0.5) is 0 Å². The number of benzene rings is 2. The van der Waals surface area contributed by atoms with Crippen LogP contribution in [0.1, 0.15) is 42.1 Å². The summed E-state index contributed by atoms with van der Waals surface area (Å²) in [6, 6.07) is 15.2. The average molecular weight is 388 g/mol. The maximum Gasteiger partial charge on any atom is 0.251 e. The minimum Gasteiger partial charge on any atom is -0.489 e. The van der Waals surface area contributed by atoms with E-state index in [4.69, 9.17) is 16.3 Å². The zero-order chi connectivity index (χ0) is 19.1. The van der Waals surface area contributed by atoms with Gasteiger partial charge in [0.15, 0.2) is 0 Å². The summed E-state index contributed by atoms with van der Waals surface area (Å²) in [5.74, 6) is 0.793. The Hall–Kier alpha value is -2.04. The lowest BCUT2D eigenvalue weighted by atomic mass is 10.0. The number of amides is 1. The summed E-state index contributed by atoms with van der Waals surface area (Å²) < 4.78 is 5.74. The lowest BCUT2D eigenvalue weighted by Crippen LogP contribution is -3.13. The van der Waals surface area contributed by atoms with Crippen LogP contribution >= 0.6 is 11.6 Å². The Kier molecular flexibility index (Phi) is 7.13. The molecule has 0 aliphatic carbocycles. The lowest BCUT2D eigenvalue weighted by molar-refractivity contribution is -0.905. The Labute approximate surface area is 166 Å². The molecule has 2 N–H and O–H groups in total. The third-order valence-corrected chi connectivity index (χ3v) is 5.32. The molecule has 0 atom stereocenters. The summed E-state index contributed by atoms with van der Waals surface area (Å²) in [5.41, 5.74) is 1.73. The molecule has 1 heterocycles. The van der Waals surface area contributed by atoms with Crippen LogP contribution in [0.3, 0.4) is 0 Å². The van der Waals surface area contributed by atoms with Crippen molar-refractivity contribution in [3.63, 3.8) is 0 Å². The van der Waals surface area contributed by atoms with E-state index in [0.29, 0.717) is 23.2 Å². The lowest BCUT2D eigenvalue weighted by Gasteiger charge is -2.29. The van der Waals surface area contributed by atoms with Gasteiger partial charge in [0.25, 0.3) is 5.91 Å². The number of likely N-dealkylation sites (tertiary alicyclic amines) is 1. The molecule has 0 saturated carbocycles. The van der Waals surface area contributed by atoms with E-state index >= 15 is 0 Å². The molecular formula is C22H28ClN2O2+. The van der Waals surface area contributed by atoms with Gasteiger partial charge in [-0.15, -0.1) is 0 Å². The highest BCUT2D eigenvalue weighted by Gasteiger charge is 2.23. The Morgan fingerprint density at radius 3 is 2.41 bits per heavy atom. The van der Waals surface area contributed by atoms with Gasteiger partial charge in [-0.25, -0.2) is 0 Å². The number of piperidine rings is 1. The SMILES string of the molecule is CCC[NH+]1CCC(NC(=O)c2ccc(COc3ccc(Cl)cc3)cc2)CC1. The third-order valence-electron chi connectivity index (χ3n) is 5.07. The number of nitrogens with one attached hydrogen (secondary N) is 2. The highest BCUT2D eigenvalue weighted by molar-refractivity contribution is 6.30. The third kappa shape index (κ3) is 5.98. The summed E-state index contributed by atoms with van der Waals surface area (Å²) in [6.45, 7) is 6.23. The molecule has 0 radical (unpaired) electrons. The molecule has 1 fully saturated rings. The topological polar surface area (TPSA) is 42.8 Å². The van der Waals surface area contributed by atoms with Crippen LogP contribution < -0.4 is 15.0 Å². The number of halogens is 1. The maximum absolute atomic E-state index is 12.5. The van der Waals surface area contributed by atoms with Gasteiger partial charge in [0.1, 0.15) is 12.4 Å². The Bertz CT molecular complexity index is 723. The smallest absolute Gasteiger partial charge is 0.251 e. The minimum absolute atomic E-state index is 0.0177. The van der Waals surface area contributed by atoms with Crippen molar-refractivity contribution in [2.24, 2.45) is 0 Å². The first-order valence-electron chi connectivity index (χ1n) is 9.76. The number of ether oxygens (including phenoxy) is 1. The first-order chi connectivity index (χ1) is 13.1. The van der Waals surface area contributed by atoms with E-state index in [0.717, 1.165) is 37.2 Å². The number of hydrogen-bond donors (Lipinski definition) is 2. The molecule has 0 unspecified atom stereocenters. The van der Waals surface area contributed by atoms with E-state index in [9.17, 15) is 4.79 Å². The fourth-order valence-electron chi connectivity index (χ4n) is 3.49. The monoisotopic (exact) mass is 387 g/mol. The van der Waals surface area contributed by atoms with E-state index < -0.39 is 0 Å². The van der Waals surface area contributed by atoms with Crippen LogP contribution in [0.5, 0.6) is 5.75 Å². The van der Waals surface area contributed by atoms with Crippen molar-refractivity contribution in [2.45, 2.75) is 38.8 Å². The molecule has 1 saturated heterocycles. The standard InChI is InChI=1S/C22H27ClN2O2/c1-2-13-25-14-11-20(12-15-25)24-22(26)18-5-3-17(4-6-18)16-27-21-9-7-19(23)8-10-21/h3-10,20H,2,11-16H2,1H3,(H,24,26)/p+1. The van der Waals surface area contributed by atoms with Gasteiger partial charge in [0.2, 0.25) is 0 Å². The quantitative estimate of drug-likeness (QED) is 0.766. The molecule has 1 aliphatic rings. The molecule has 1 aliphatic heterocycles. The minimum atomic E-state index is 0.0177. The summed E-state index contributed by atoms with van der Waals surface area (Å²) in [5, 5.41) is 3.87. The number of quaternary nitrogens is 1. The van der Waals surface area contributed by atoms with Gasteiger partial charge in [0.05, 0.1) is 19.6 Å². The van der Waals surface area contributed by atoms with E-state index in [-0.39, 0.29) is 5.91 Å². The number of carbonyl (C=O) groups excluding carboxylic acids is 1. The van der Waals surface area contributed by atoms with Crippen molar-refractivity contribution in [1.29, 1.82) is 0 Å². The summed E-state index contributed by atoms with van der Waals surface area (Å²) in [6.07, 6.45) is 3.35. The normalized spacial score (nSPS) is 19.5. The second-order valence-corrected chi connectivity index (χ2v) is 7.62. The molecule has 0 aromatic heterocycles. The Morgan fingerprint density at radius 2 is 1.78 bits per heavy atom. The molecule has 2 aromatic rings. The largest absolute Gasteiger partial charge is 0.489 e. The number of carbonyl (C=O) groups is 1. The van der Waals surface area contributed by atoms with Crippen molar-refractivity contribution in [3.8, 4) is 5.75 Å². The predicted octanol–water partition coefficient (Wildman–Crippen LogP) is 3.11. The second kappa shape index (κ2) is 9.77. The van der Waals surface area contributed by atoms with Gasteiger partial charge in [-0.3, -0.25) is 4.79 Å². The summed E-state index contributed by atoms with van der Waals surface area (Å²) >= 11 is 5.87. The summed E-state index contributed by atoms with van der Waals surface area (Å²) in [4.78, 5) is 14.1. The van der Waals surface area contributed by atoms with Gasteiger partial charge in [-0.2, -0.15) is 0 Å². The Morgan fingerprint density at radius 1 is 1.11 bits per heavy atom. The van der Waals surface area contributed by atoms with E-state index in [1.807, 2.05) is 36.4 Å². The fraction of sp³-hybridized carbons (Fsp3) is 0.409. The zero-order valence-electron chi connectivity index (χ0n) is 15.8. The Balaban J connectivity index is 1.46. The molecule has 144 valence electrons. The molecule has 2 aromatic carbocycles. The van der Waals surface area contributed by atoms with Crippen molar-refractivity contribution < 1.29 is 14.4 Å². The molecule has 0 bridgehead atoms. The molecule has 1 amide bonds. The van der Waals surface area contributed by atoms with Crippen molar-refractivity contribution in [3.05, 3.63) is 64.7 Å². The van der Waals surface area contributed by atoms with Gasteiger partial charge < -0.3 is 15.0 Å². The van der Waals surface area contributed by atoms with Crippen LogP contribution in [0.15, 0.2) is 48.5 Å². The average Bonchev–Trinajstić information content (AvgIpc) is 2.70. The zero-order valence-corrected chi connectivity index (χ0v) is 16.6. The van der Waals surface area contributed by atoms with Gasteiger partial charge in [-0.05, 0) is 48.4 Å². The van der Waals surface area contributed by atoms with E-state index in [2.05, 4.69) is 12.2 Å². The first kappa shape index (κ1) is 19.7. The first-order valence-corrected chi connectivity index (χ1v) is 10.1. The van der Waals surface area contributed by atoms with Crippen LogP contribution in [-0.4, -0.2) is 31.6 Å². The van der Waals surface area contributed by atoms with Crippen LogP contribution in [0.2, 0.25) is 5.02 Å². The molecule has 3 rings (SSSR count). The second-order valence-electron chi connectivity index (χ2n) is 7.19. The van der Waals surface area contributed by atoms with Crippen molar-refractivity contribution >= 4 is 17.5 Å². The van der Waals surface area contributed by atoms with Crippen LogP contribution in [-0.2, 0) is 6.61 Å². The van der Waals surface area contributed by atoms with Crippen molar-refractivity contribution in [1.82, 2.24) is 5.32 Å². The van der Waals surface area contributed by atoms with Crippen LogP contribution in [0, 0.1) is 0 Å². The van der Waals surface area contributed by atoms with Crippen molar-refractivity contribution in [2.75, 3.05) is 19.6 Å². The molecular weight excluding hydrogens is 360 g/mol. The maximum atomic E-state index is 12.5. The molecule has 27 heavy (non-hydrogen) atoms. The number of hydrogen-bond acceptors (Lipinski definition) is 2. The van der Waals surface area contributed by atoms with E-state index in [1.165, 1.54) is 13.0 Å². The molecule has 5 heteroatoms. The highest BCUT2D eigenvalue weighted by atomic mass is 35.5. The predicted molar refractivity (Wildman–Crippen MR) is 109 cm³/mol. The van der Waals surface area contributed by atoms with Gasteiger partial charge >= 0.3 is 0 Å². The van der Waals surface area contributed by atoms with Crippen LogP contribution in [0.25, 0.3) is 0 Å². The fourth-order valence-corrected chi connectivity index (χ4v) is 3.62. The van der Waals surface area contributed by atoms with Gasteiger partial charge in [0, 0.05) is 29.5 Å². The number of rotatable bonds is 7. The van der Waals surface area contributed by atoms with Gasteiger partial charge in [-0.1, -0.05) is 30.7 Å². The molecule has 4 nitrogen and oxygen atoms in total. The molecule has 0 spiro atoms. The summed E-state index contributed by atoms with van der Waals surface area (Å²) in [7, 11) is 0. The van der Waals surface area contributed by atoms with E-state index in [1.54, 1.807) is 17.0 Å².